The Morgan fingerprint density at radius 1 is 1.10 bits per heavy atom. The van der Waals surface area contributed by atoms with Gasteiger partial charge in [-0.05, 0) is 50.9 Å². The number of fused-ring (bicyclic) bond motifs is 1. The minimum atomic E-state index is 0.444. The molecular weight excluding hydrogens is 406 g/mol. The van der Waals surface area contributed by atoms with Gasteiger partial charge in [0.05, 0.1) is 29.5 Å². The van der Waals surface area contributed by atoms with Crippen molar-refractivity contribution in [1.29, 1.82) is 5.26 Å². The number of nitrogens with one attached hydrogen (secondary N) is 1. The predicted molar refractivity (Wildman–Crippen MR) is 120 cm³/mol. The smallest absolute Gasteiger partial charge is 0.103 e. The maximum absolute atomic E-state index is 9.54. The molecule has 0 atom stereocenters. The maximum Gasteiger partial charge on any atom is 0.103 e. The van der Waals surface area contributed by atoms with E-state index in [1.54, 1.807) is 28.7 Å². The molecule has 0 saturated heterocycles. The molecule has 1 saturated carbocycles. The SMILES string of the molecule is CNC1CCC(n2cc(-c3cc(Sc4ccccn4)c4c(C#N)cnn4c3)cn2)CC1. The average molecular weight is 430 g/mol. The van der Waals surface area contributed by atoms with Gasteiger partial charge in [0.1, 0.15) is 11.1 Å². The largest absolute Gasteiger partial charge is 0.317 e. The number of hydrogen-bond donors (Lipinski definition) is 1. The number of rotatable bonds is 5. The van der Waals surface area contributed by atoms with Crippen LogP contribution in [0.2, 0.25) is 0 Å². The van der Waals surface area contributed by atoms with Crippen LogP contribution < -0.4 is 5.32 Å². The van der Waals surface area contributed by atoms with E-state index >= 15 is 0 Å². The minimum absolute atomic E-state index is 0.444. The van der Waals surface area contributed by atoms with Crippen LogP contribution in [0, 0.1) is 11.3 Å². The molecule has 0 aromatic carbocycles. The Morgan fingerprint density at radius 3 is 2.71 bits per heavy atom. The Morgan fingerprint density at radius 2 is 1.97 bits per heavy atom. The Hall–Kier alpha value is -3.15. The molecule has 4 heterocycles. The molecule has 5 rings (SSSR count). The highest BCUT2D eigenvalue weighted by atomic mass is 32.2. The topological polar surface area (TPSA) is 83.8 Å². The average Bonchev–Trinajstić information content (AvgIpc) is 3.47. The lowest BCUT2D eigenvalue weighted by molar-refractivity contribution is 0.284. The molecule has 0 unspecified atom stereocenters. The number of nitriles is 1. The zero-order chi connectivity index (χ0) is 21.2. The summed E-state index contributed by atoms with van der Waals surface area (Å²) in [7, 11) is 2.04. The highest BCUT2D eigenvalue weighted by Crippen LogP contribution is 2.35. The lowest BCUT2D eigenvalue weighted by atomic mass is 9.91. The summed E-state index contributed by atoms with van der Waals surface area (Å²) >= 11 is 1.54. The van der Waals surface area contributed by atoms with Gasteiger partial charge in [-0.3, -0.25) is 4.68 Å². The summed E-state index contributed by atoms with van der Waals surface area (Å²) in [5.74, 6) is 0. The third kappa shape index (κ3) is 3.94. The van der Waals surface area contributed by atoms with Crippen LogP contribution in [0.4, 0.5) is 0 Å². The van der Waals surface area contributed by atoms with Crippen molar-refractivity contribution >= 4 is 17.3 Å². The third-order valence-electron chi connectivity index (χ3n) is 5.96. The van der Waals surface area contributed by atoms with Gasteiger partial charge in [-0.2, -0.15) is 15.5 Å². The first-order chi connectivity index (χ1) is 15.2. The van der Waals surface area contributed by atoms with E-state index < -0.39 is 0 Å². The van der Waals surface area contributed by atoms with E-state index in [1.165, 1.54) is 12.8 Å². The van der Waals surface area contributed by atoms with E-state index in [0.717, 1.165) is 39.4 Å². The number of aromatic nitrogens is 5. The standard InChI is InChI=1S/C23H23N7S/c1-25-19-5-7-20(8-6-19)29-15-18(13-27-29)16-10-21(31-22-4-2-3-9-26-22)23-17(11-24)12-28-30(23)14-16/h2-4,9-10,12-15,19-20,25H,5-8H2,1H3. The summed E-state index contributed by atoms with van der Waals surface area (Å²) in [5, 5.41) is 22.9. The molecule has 1 aliphatic carbocycles. The second-order valence-electron chi connectivity index (χ2n) is 7.83. The van der Waals surface area contributed by atoms with E-state index in [9.17, 15) is 5.26 Å². The van der Waals surface area contributed by atoms with Gasteiger partial charge in [0, 0.05) is 40.7 Å². The van der Waals surface area contributed by atoms with Gasteiger partial charge in [0.2, 0.25) is 0 Å². The zero-order valence-electron chi connectivity index (χ0n) is 17.3. The van der Waals surface area contributed by atoms with E-state index in [2.05, 4.69) is 43.5 Å². The summed E-state index contributed by atoms with van der Waals surface area (Å²) in [6.45, 7) is 0. The van der Waals surface area contributed by atoms with Crippen molar-refractivity contribution in [2.75, 3.05) is 7.05 Å². The molecule has 7 nitrogen and oxygen atoms in total. The molecule has 0 aliphatic heterocycles. The number of hydrogen-bond acceptors (Lipinski definition) is 6. The van der Waals surface area contributed by atoms with Gasteiger partial charge in [0.25, 0.3) is 0 Å². The van der Waals surface area contributed by atoms with E-state index in [4.69, 9.17) is 0 Å². The molecule has 1 fully saturated rings. The first-order valence-electron chi connectivity index (χ1n) is 10.5. The third-order valence-corrected chi connectivity index (χ3v) is 6.95. The Balaban J connectivity index is 1.50. The molecule has 4 aromatic heterocycles. The molecule has 8 heteroatoms. The molecule has 0 spiro atoms. The Kier molecular flexibility index (Phi) is 5.45. The minimum Gasteiger partial charge on any atom is -0.317 e. The van der Waals surface area contributed by atoms with Gasteiger partial charge in [-0.15, -0.1) is 0 Å². The van der Waals surface area contributed by atoms with Crippen molar-refractivity contribution in [2.45, 2.75) is 47.7 Å². The highest BCUT2D eigenvalue weighted by molar-refractivity contribution is 7.99. The van der Waals surface area contributed by atoms with Crippen molar-refractivity contribution in [3.63, 3.8) is 0 Å². The molecule has 1 aliphatic rings. The van der Waals surface area contributed by atoms with Crippen LogP contribution in [0.5, 0.6) is 0 Å². The highest BCUT2D eigenvalue weighted by Gasteiger charge is 2.22. The van der Waals surface area contributed by atoms with Crippen molar-refractivity contribution in [1.82, 2.24) is 29.7 Å². The van der Waals surface area contributed by atoms with Crippen molar-refractivity contribution in [2.24, 2.45) is 0 Å². The maximum atomic E-state index is 9.54. The fourth-order valence-electron chi connectivity index (χ4n) is 4.24. The second-order valence-corrected chi connectivity index (χ2v) is 8.89. The molecule has 4 aromatic rings. The molecule has 0 radical (unpaired) electrons. The molecule has 0 amide bonds. The molecular formula is C23H23N7S. The predicted octanol–water partition coefficient (Wildman–Crippen LogP) is 4.32. The molecule has 1 N–H and O–H groups in total. The van der Waals surface area contributed by atoms with E-state index in [0.29, 0.717) is 17.6 Å². The van der Waals surface area contributed by atoms with E-state index in [-0.39, 0.29) is 0 Å². The monoisotopic (exact) mass is 429 g/mol. The van der Waals surface area contributed by atoms with Crippen LogP contribution in [0.25, 0.3) is 16.6 Å². The summed E-state index contributed by atoms with van der Waals surface area (Å²) in [4.78, 5) is 5.38. The normalized spacial score (nSPS) is 18.8. The molecule has 156 valence electrons. The summed E-state index contributed by atoms with van der Waals surface area (Å²) in [6, 6.07) is 11.3. The zero-order valence-corrected chi connectivity index (χ0v) is 18.1. The lowest BCUT2D eigenvalue weighted by Gasteiger charge is -2.28. The first-order valence-corrected chi connectivity index (χ1v) is 11.3. The first kappa shape index (κ1) is 19.8. The van der Waals surface area contributed by atoms with Crippen LogP contribution in [-0.4, -0.2) is 37.5 Å². The van der Waals surface area contributed by atoms with Crippen LogP contribution in [-0.2, 0) is 0 Å². The summed E-state index contributed by atoms with van der Waals surface area (Å²) in [5.41, 5.74) is 3.44. The van der Waals surface area contributed by atoms with E-state index in [1.807, 2.05) is 37.6 Å². The van der Waals surface area contributed by atoms with Crippen molar-refractivity contribution < 1.29 is 0 Å². The fraction of sp³-hybridized carbons (Fsp3) is 0.304. The quantitative estimate of drug-likeness (QED) is 0.509. The number of nitrogens with zero attached hydrogens (tertiary/aromatic N) is 6. The van der Waals surface area contributed by atoms with Crippen LogP contribution >= 0.6 is 11.8 Å². The Labute approximate surface area is 185 Å². The van der Waals surface area contributed by atoms with Crippen molar-refractivity contribution in [3.05, 3.63) is 60.8 Å². The van der Waals surface area contributed by atoms with Gasteiger partial charge in [0.15, 0.2) is 0 Å². The van der Waals surface area contributed by atoms with Gasteiger partial charge < -0.3 is 5.32 Å². The molecule has 31 heavy (non-hydrogen) atoms. The van der Waals surface area contributed by atoms with Crippen LogP contribution in [0.3, 0.4) is 0 Å². The second kappa shape index (κ2) is 8.53. The van der Waals surface area contributed by atoms with Crippen molar-refractivity contribution in [3.8, 4) is 17.2 Å². The number of pyridine rings is 2. The summed E-state index contributed by atoms with van der Waals surface area (Å²) in [6.07, 6.45) is 14.1. The van der Waals surface area contributed by atoms with Gasteiger partial charge >= 0.3 is 0 Å². The summed E-state index contributed by atoms with van der Waals surface area (Å²) < 4.78 is 3.90. The van der Waals surface area contributed by atoms with Crippen LogP contribution in [0.15, 0.2) is 65.2 Å². The lowest BCUT2D eigenvalue weighted by Crippen LogP contribution is -2.31. The Bertz CT molecular complexity index is 1230. The fourth-order valence-corrected chi connectivity index (χ4v) is 5.21. The van der Waals surface area contributed by atoms with Crippen LogP contribution in [0.1, 0.15) is 37.3 Å². The van der Waals surface area contributed by atoms with Gasteiger partial charge in [-0.1, -0.05) is 17.8 Å². The molecule has 0 bridgehead atoms. The van der Waals surface area contributed by atoms with Gasteiger partial charge in [-0.25, -0.2) is 9.50 Å².